The molecule has 46 heavy (non-hydrogen) atoms. The summed E-state index contributed by atoms with van der Waals surface area (Å²) in [5, 5.41) is 6.14. The third-order valence-corrected chi connectivity index (χ3v) is 8.34. The Labute approximate surface area is 274 Å². The number of ether oxygens (including phenoxy) is 1. The highest BCUT2D eigenvalue weighted by atomic mass is 16.5. The highest BCUT2D eigenvalue weighted by molar-refractivity contribution is 5.91. The molecule has 1 fully saturated rings. The Morgan fingerprint density at radius 2 is 1.63 bits per heavy atom. The Morgan fingerprint density at radius 3 is 2.35 bits per heavy atom. The van der Waals surface area contributed by atoms with Crippen molar-refractivity contribution in [2.75, 3.05) is 13.1 Å². The Morgan fingerprint density at radius 1 is 0.913 bits per heavy atom. The molecular weight excluding hydrogens is 574 g/mol. The number of hydrogen-bond acceptors (Lipinski definition) is 4. The van der Waals surface area contributed by atoms with Gasteiger partial charge in [-0.25, -0.2) is 0 Å². The van der Waals surface area contributed by atoms with Crippen molar-refractivity contribution < 1.29 is 19.1 Å². The van der Waals surface area contributed by atoms with Gasteiger partial charge in [-0.05, 0) is 73.4 Å². The first-order valence-electron chi connectivity index (χ1n) is 16.7. The molecule has 2 N–H and O–H groups in total. The van der Waals surface area contributed by atoms with Crippen molar-refractivity contribution in [2.45, 2.75) is 71.9 Å². The fraction of sp³-hybridized carbons (Fsp3) is 0.410. The summed E-state index contributed by atoms with van der Waals surface area (Å²) in [4.78, 5) is 43.1. The van der Waals surface area contributed by atoms with Gasteiger partial charge in [0.25, 0.3) is 0 Å². The molecule has 0 aromatic heterocycles. The third kappa shape index (κ3) is 10.6. The summed E-state index contributed by atoms with van der Waals surface area (Å²) >= 11 is 0. The molecule has 7 nitrogen and oxygen atoms in total. The predicted molar refractivity (Wildman–Crippen MR) is 184 cm³/mol. The zero-order valence-corrected chi connectivity index (χ0v) is 27.5. The number of likely N-dealkylation sites (tertiary alicyclic amines) is 1. The molecule has 7 heteroatoms. The van der Waals surface area contributed by atoms with E-state index in [4.69, 9.17) is 4.74 Å². The van der Waals surface area contributed by atoms with Crippen molar-refractivity contribution in [3.8, 4) is 11.5 Å². The second-order valence-electron chi connectivity index (χ2n) is 12.6. The number of nitrogens with zero attached hydrogens (tertiary/aromatic N) is 1. The molecule has 0 radical (unpaired) electrons. The predicted octanol–water partition coefficient (Wildman–Crippen LogP) is 7.38. The van der Waals surface area contributed by atoms with Gasteiger partial charge in [-0.2, -0.15) is 0 Å². The first-order valence-corrected chi connectivity index (χ1v) is 16.7. The van der Waals surface area contributed by atoms with Crippen LogP contribution in [0.5, 0.6) is 11.5 Å². The van der Waals surface area contributed by atoms with Crippen molar-refractivity contribution in [2.24, 2.45) is 17.8 Å². The zero-order valence-electron chi connectivity index (χ0n) is 27.5. The van der Waals surface area contributed by atoms with E-state index in [0.29, 0.717) is 44.6 Å². The minimum absolute atomic E-state index is 0.0777. The van der Waals surface area contributed by atoms with Gasteiger partial charge in [0.2, 0.25) is 17.7 Å². The van der Waals surface area contributed by atoms with Crippen molar-refractivity contribution in [1.29, 1.82) is 0 Å². The Bertz CT molecular complexity index is 1420. The molecule has 0 spiro atoms. The van der Waals surface area contributed by atoms with Crippen LogP contribution in [0.25, 0.3) is 6.08 Å². The van der Waals surface area contributed by atoms with Crippen LogP contribution in [0.1, 0.15) is 70.4 Å². The molecule has 1 saturated heterocycles. The SMILES string of the molecule is CCC[C@H](C(=O)NC/C=C/c1ccccc1)C(CC(C)C)C(=O)N[C@H]1CCCCN(Cc2cccc(Oc3ccccc3)c2)C1=O. The molecule has 3 atom stereocenters. The molecule has 3 aromatic rings. The van der Waals surface area contributed by atoms with Crippen LogP contribution in [0, 0.1) is 17.8 Å². The summed E-state index contributed by atoms with van der Waals surface area (Å²) in [7, 11) is 0. The maximum Gasteiger partial charge on any atom is 0.245 e. The van der Waals surface area contributed by atoms with Crippen molar-refractivity contribution >= 4 is 23.8 Å². The molecule has 1 aliphatic heterocycles. The van der Waals surface area contributed by atoms with E-state index in [1.54, 1.807) is 0 Å². The van der Waals surface area contributed by atoms with Crippen LogP contribution in [0.4, 0.5) is 0 Å². The monoisotopic (exact) mass is 623 g/mol. The minimum Gasteiger partial charge on any atom is -0.457 e. The Hall–Kier alpha value is -4.39. The van der Waals surface area contributed by atoms with Gasteiger partial charge in [-0.15, -0.1) is 0 Å². The van der Waals surface area contributed by atoms with E-state index in [0.717, 1.165) is 36.1 Å². The van der Waals surface area contributed by atoms with Gasteiger partial charge >= 0.3 is 0 Å². The highest BCUT2D eigenvalue weighted by Gasteiger charge is 2.36. The van der Waals surface area contributed by atoms with Gasteiger partial charge in [0.05, 0.1) is 0 Å². The van der Waals surface area contributed by atoms with E-state index < -0.39 is 17.9 Å². The molecule has 0 bridgehead atoms. The smallest absolute Gasteiger partial charge is 0.245 e. The molecule has 244 valence electrons. The summed E-state index contributed by atoms with van der Waals surface area (Å²) in [6, 6.07) is 26.7. The number of nitrogens with one attached hydrogen (secondary N) is 2. The number of rotatable bonds is 15. The van der Waals surface area contributed by atoms with E-state index in [2.05, 4.69) is 24.5 Å². The lowest BCUT2D eigenvalue weighted by molar-refractivity contribution is -0.140. The topological polar surface area (TPSA) is 87.7 Å². The Balaban J connectivity index is 1.41. The molecule has 0 saturated carbocycles. The second kappa shape index (κ2) is 17.9. The largest absolute Gasteiger partial charge is 0.457 e. The lowest BCUT2D eigenvalue weighted by atomic mass is 9.81. The summed E-state index contributed by atoms with van der Waals surface area (Å²) in [5.74, 6) is 0.286. The molecule has 1 heterocycles. The zero-order chi connectivity index (χ0) is 32.7. The first-order chi connectivity index (χ1) is 22.3. The number of hydrogen-bond donors (Lipinski definition) is 2. The minimum atomic E-state index is -0.618. The van der Waals surface area contributed by atoms with Crippen LogP contribution in [-0.2, 0) is 20.9 Å². The van der Waals surface area contributed by atoms with Gasteiger partial charge in [0, 0.05) is 31.5 Å². The average Bonchev–Trinajstić information content (AvgIpc) is 3.22. The van der Waals surface area contributed by atoms with Gasteiger partial charge in [0.15, 0.2) is 0 Å². The highest BCUT2D eigenvalue weighted by Crippen LogP contribution is 2.27. The lowest BCUT2D eigenvalue weighted by Gasteiger charge is -2.30. The van der Waals surface area contributed by atoms with Crippen LogP contribution in [0.15, 0.2) is 91.0 Å². The lowest BCUT2D eigenvalue weighted by Crippen LogP contribution is -2.51. The van der Waals surface area contributed by atoms with Crippen molar-refractivity contribution in [1.82, 2.24) is 15.5 Å². The normalized spacial score (nSPS) is 16.6. The summed E-state index contributed by atoms with van der Waals surface area (Å²) < 4.78 is 6.01. The van der Waals surface area contributed by atoms with E-state index in [-0.39, 0.29) is 23.6 Å². The first kappa shape index (κ1) is 34.5. The van der Waals surface area contributed by atoms with E-state index in [1.807, 2.05) is 109 Å². The number of carbonyl (C=O) groups is 3. The maximum atomic E-state index is 13.9. The van der Waals surface area contributed by atoms with Gasteiger partial charge < -0.3 is 20.3 Å². The van der Waals surface area contributed by atoms with E-state index in [9.17, 15) is 14.4 Å². The molecule has 1 unspecified atom stereocenters. The fourth-order valence-electron chi connectivity index (χ4n) is 6.06. The quantitative estimate of drug-likeness (QED) is 0.185. The third-order valence-electron chi connectivity index (χ3n) is 8.34. The van der Waals surface area contributed by atoms with Crippen LogP contribution in [-0.4, -0.2) is 41.8 Å². The summed E-state index contributed by atoms with van der Waals surface area (Å²) in [6.07, 6.45) is 8.15. The van der Waals surface area contributed by atoms with Gasteiger partial charge in [-0.1, -0.05) is 100 Å². The standard InChI is InChI=1S/C39H49N3O4/c1-4-15-34(37(43)40-24-14-19-30-16-7-5-8-17-30)35(26-29(2)3)38(44)41-36-23-11-12-25-42(39(36)45)28-31-18-13-22-33(27-31)46-32-20-9-6-10-21-32/h5-10,13-14,16-22,27,29,34-36H,4,11-12,15,23-26,28H2,1-3H3,(H,40,43)(H,41,44)/b19-14+/t34-,35?,36-/m0/s1. The van der Waals surface area contributed by atoms with Crippen molar-refractivity contribution in [3.05, 3.63) is 102 Å². The fourth-order valence-corrected chi connectivity index (χ4v) is 6.06. The summed E-state index contributed by atoms with van der Waals surface area (Å²) in [5.41, 5.74) is 2.03. The van der Waals surface area contributed by atoms with E-state index in [1.165, 1.54) is 0 Å². The number of benzene rings is 3. The molecule has 3 aromatic carbocycles. The molecule has 1 aliphatic rings. The number of carbonyl (C=O) groups excluding carboxylic acids is 3. The molecule has 0 aliphatic carbocycles. The van der Waals surface area contributed by atoms with Gasteiger partial charge in [0.1, 0.15) is 17.5 Å². The number of para-hydroxylation sites is 1. The molecule has 3 amide bonds. The van der Waals surface area contributed by atoms with Crippen LogP contribution in [0.3, 0.4) is 0 Å². The van der Waals surface area contributed by atoms with Crippen LogP contribution < -0.4 is 15.4 Å². The van der Waals surface area contributed by atoms with E-state index >= 15 is 0 Å². The Kier molecular flexibility index (Phi) is 13.4. The van der Waals surface area contributed by atoms with Crippen LogP contribution in [0.2, 0.25) is 0 Å². The van der Waals surface area contributed by atoms with Crippen molar-refractivity contribution in [3.63, 3.8) is 0 Å². The molecular formula is C39H49N3O4. The molecule has 4 rings (SSSR count). The maximum absolute atomic E-state index is 13.9. The van der Waals surface area contributed by atoms with Crippen LogP contribution >= 0.6 is 0 Å². The number of amides is 3. The van der Waals surface area contributed by atoms with Gasteiger partial charge in [-0.3, -0.25) is 14.4 Å². The average molecular weight is 624 g/mol. The second-order valence-corrected chi connectivity index (χ2v) is 12.6. The summed E-state index contributed by atoms with van der Waals surface area (Å²) in [6.45, 7) is 7.62.